The fourth-order valence-electron chi connectivity index (χ4n) is 3.82. The highest BCUT2D eigenvalue weighted by Crippen LogP contribution is 2.34. The third-order valence-corrected chi connectivity index (χ3v) is 6.35. The van der Waals surface area contributed by atoms with E-state index in [-0.39, 0.29) is 11.4 Å². The monoisotopic (exact) mass is 565 g/mol. The minimum absolute atomic E-state index is 0.273. The van der Waals surface area contributed by atoms with Crippen LogP contribution in [0.1, 0.15) is 19.4 Å². The molecule has 3 aromatic carbocycles. The molecule has 0 saturated heterocycles. The van der Waals surface area contributed by atoms with Crippen LogP contribution >= 0.6 is 27.5 Å². The maximum atomic E-state index is 13.5. The lowest BCUT2D eigenvalue weighted by Gasteiger charge is -2.13. The van der Waals surface area contributed by atoms with E-state index in [0.29, 0.717) is 57.5 Å². The first-order chi connectivity index (χ1) is 17.5. The summed E-state index contributed by atoms with van der Waals surface area (Å²) < 4.78 is 19.4. The third-order valence-electron chi connectivity index (χ3n) is 5.43. The van der Waals surface area contributed by atoms with Crippen molar-refractivity contribution in [3.05, 3.63) is 86.1 Å². The van der Waals surface area contributed by atoms with Crippen molar-refractivity contribution < 1.29 is 13.9 Å². The second-order valence-corrected chi connectivity index (χ2v) is 9.08. The molecule has 0 saturated carbocycles. The minimum atomic E-state index is -0.322. The van der Waals surface area contributed by atoms with E-state index in [1.165, 1.54) is 4.68 Å². The lowest BCUT2D eigenvalue weighted by atomic mass is 10.2. The van der Waals surface area contributed by atoms with Crippen LogP contribution in [0.4, 0.5) is 0 Å². The Morgan fingerprint density at radius 1 is 1.06 bits per heavy atom. The molecule has 0 aliphatic rings. The first-order valence-electron chi connectivity index (χ1n) is 11.3. The molecule has 0 bridgehead atoms. The lowest BCUT2D eigenvalue weighted by molar-refractivity contribution is 0.287. The van der Waals surface area contributed by atoms with Crippen LogP contribution in [0, 0.1) is 0 Å². The van der Waals surface area contributed by atoms with Crippen molar-refractivity contribution in [3.63, 3.8) is 0 Å². The fraction of sp³-hybridized carbons (Fsp3) is 0.148. The highest BCUT2D eigenvalue weighted by atomic mass is 79.9. The standard InChI is InChI=1S/C27H21BrClN3O4/c1-3-34-23-13-17(20(28)14-24(23)35-4-2)15-30-32-26(31-21-8-6-5-7-19(21)27(32)33)25-12-16-11-18(29)9-10-22(16)36-25/h5-15H,3-4H2,1-2H3. The Morgan fingerprint density at radius 3 is 2.58 bits per heavy atom. The van der Waals surface area contributed by atoms with Crippen LogP contribution in [0.2, 0.25) is 5.02 Å². The highest BCUT2D eigenvalue weighted by molar-refractivity contribution is 9.10. The number of hydrogen-bond donors (Lipinski definition) is 0. The number of hydrogen-bond acceptors (Lipinski definition) is 6. The number of ether oxygens (including phenoxy) is 2. The van der Waals surface area contributed by atoms with E-state index in [1.54, 1.807) is 48.7 Å². The molecule has 0 aliphatic carbocycles. The quantitative estimate of drug-likeness (QED) is 0.200. The molecule has 0 aliphatic heterocycles. The van der Waals surface area contributed by atoms with Gasteiger partial charge in [0, 0.05) is 20.4 Å². The molecule has 0 atom stereocenters. The van der Waals surface area contributed by atoms with Crippen LogP contribution < -0.4 is 15.0 Å². The Labute approximate surface area is 220 Å². The SMILES string of the molecule is CCOc1cc(Br)c(C=Nn2c(-c3cc4cc(Cl)ccc4o3)nc3ccccc3c2=O)cc1OCC. The summed E-state index contributed by atoms with van der Waals surface area (Å²) in [6.45, 7) is 4.79. The molecule has 0 amide bonds. The summed E-state index contributed by atoms with van der Waals surface area (Å²) in [6.07, 6.45) is 1.57. The van der Waals surface area contributed by atoms with Gasteiger partial charge >= 0.3 is 0 Å². The topological polar surface area (TPSA) is 78.9 Å². The average Bonchev–Trinajstić information content (AvgIpc) is 3.29. The van der Waals surface area contributed by atoms with Crippen LogP contribution in [0.15, 0.2) is 79.4 Å². The molecule has 5 aromatic rings. The normalized spacial score (nSPS) is 11.6. The van der Waals surface area contributed by atoms with Gasteiger partial charge in [-0.25, -0.2) is 4.98 Å². The van der Waals surface area contributed by atoms with E-state index in [0.717, 1.165) is 9.86 Å². The molecule has 0 radical (unpaired) electrons. The third kappa shape index (κ3) is 4.62. The van der Waals surface area contributed by atoms with Crippen LogP contribution in [-0.2, 0) is 0 Å². The van der Waals surface area contributed by atoms with E-state index in [4.69, 9.17) is 30.5 Å². The van der Waals surface area contributed by atoms with Gasteiger partial charge in [0.05, 0.1) is 30.3 Å². The van der Waals surface area contributed by atoms with Gasteiger partial charge in [-0.15, -0.1) is 0 Å². The number of rotatable bonds is 7. The molecule has 7 nitrogen and oxygen atoms in total. The van der Waals surface area contributed by atoms with Crippen LogP contribution in [0.3, 0.4) is 0 Å². The van der Waals surface area contributed by atoms with E-state index in [9.17, 15) is 4.79 Å². The Morgan fingerprint density at radius 2 is 1.81 bits per heavy atom. The molecule has 2 aromatic heterocycles. The Kier molecular flexibility index (Phi) is 6.80. The van der Waals surface area contributed by atoms with Gasteiger partial charge in [-0.2, -0.15) is 9.78 Å². The summed E-state index contributed by atoms with van der Waals surface area (Å²) in [5.74, 6) is 1.87. The number of furan rings is 1. The summed E-state index contributed by atoms with van der Waals surface area (Å²) in [5, 5.41) is 6.36. The fourth-order valence-corrected chi connectivity index (χ4v) is 4.43. The number of aromatic nitrogens is 2. The van der Waals surface area contributed by atoms with Crippen LogP contribution in [0.25, 0.3) is 33.5 Å². The van der Waals surface area contributed by atoms with E-state index in [2.05, 4.69) is 21.0 Å². The zero-order valence-electron chi connectivity index (χ0n) is 19.5. The summed E-state index contributed by atoms with van der Waals surface area (Å²) in [4.78, 5) is 18.2. The van der Waals surface area contributed by atoms with Gasteiger partial charge in [0.25, 0.3) is 5.56 Å². The van der Waals surface area contributed by atoms with Crippen molar-refractivity contribution in [1.29, 1.82) is 0 Å². The Hall–Kier alpha value is -3.62. The number of fused-ring (bicyclic) bond motifs is 2. The molecular weight excluding hydrogens is 546 g/mol. The van der Waals surface area contributed by atoms with Gasteiger partial charge in [0.15, 0.2) is 17.3 Å². The summed E-state index contributed by atoms with van der Waals surface area (Å²) in [5.41, 5.74) is 1.55. The van der Waals surface area contributed by atoms with E-state index < -0.39 is 0 Å². The van der Waals surface area contributed by atoms with Gasteiger partial charge in [-0.1, -0.05) is 23.7 Å². The van der Waals surface area contributed by atoms with Crippen molar-refractivity contribution in [3.8, 4) is 23.1 Å². The molecule has 2 heterocycles. The van der Waals surface area contributed by atoms with Gasteiger partial charge < -0.3 is 13.9 Å². The van der Waals surface area contributed by atoms with Crippen molar-refractivity contribution in [2.45, 2.75) is 13.8 Å². The number of halogens is 2. The molecule has 9 heteroatoms. The minimum Gasteiger partial charge on any atom is -0.490 e. The summed E-state index contributed by atoms with van der Waals surface area (Å²) in [7, 11) is 0. The smallest absolute Gasteiger partial charge is 0.282 e. The maximum absolute atomic E-state index is 13.5. The molecule has 0 fully saturated rings. The number of nitrogens with zero attached hydrogens (tertiary/aromatic N) is 3. The number of para-hydroxylation sites is 1. The van der Waals surface area contributed by atoms with Crippen LogP contribution in [0.5, 0.6) is 11.5 Å². The Balaban J connectivity index is 1.68. The molecule has 0 unspecified atom stereocenters. The number of benzene rings is 3. The predicted molar refractivity (Wildman–Crippen MR) is 146 cm³/mol. The predicted octanol–water partition coefficient (Wildman–Crippen LogP) is 6.91. The van der Waals surface area contributed by atoms with Gasteiger partial charge in [-0.05, 0) is 78.3 Å². The Bertz CT molecular complexity index is 1680. The molecular formula is C27H21BrClN3O4. The molecule has 36 heavy (non-hydrogen) atoms. The van der Waals surface area contributed by atoms with E-state index in [1.807, 2.05) is 32.0 Å². The maximum Gasteiger partial charge on any atom is 0.282 e. The second kappa shape index (κ2) is 10.2. The molecule has 182 valence electrons. The van der Waals surface area contributed by atoms with Crippen molar-refractivity contribution in [2.24, 2.45) is 5.10 Å². The van der Waals surface area contributed by atoms with E-state index >= 15 is 0 Å². The lowest BCUT2D eigenvalue weighted by Crippen LogP contribution is -2.20. The second-order valence-electron chi connectivity index (χ2n) is 7.79. The van der Waals surface area contributed by atoms with Crippen molar-refractivity contribution in [1.82, 2.24) is 9.66 Å². The average molecular weight is 567 g/mol. The highest BCUT2D eigenvalue weighted by Gasteiger charge is 2.17. The zero-order chi connectivity index (χ0) is 25.2. The van der Waals surface area contributed by atoms with Gasteiger partial charge in [0.1, 0.15) is 5.58 Å². The van der Waals surface area contributed by atoms with Gasteiger partial charge in [0.2, 0.25) is 5.82 Å². The first-order valence-corrected chi connectivity index (χ1v) is 12.5. The van der Waals surface area contributed by atoms with Crippen molar-refractivity contribution >= 4 is 55.6 Å². The summed E-state index contributed by atoms with van der Waals surface area (Å²) in [6, 6.07) is 17.9. The molecule has 0 spiro atoms. The zero-order valence-corrected chi connectivity index (χ0v) is 21.8. The van der Waals surface area contributed by atoms with Gasteiger partial charge in [-0.3, -0.25) is 4.79 Å². The largest absolute Gasteiger partial charge is 0.490 e. The first kappa shape index (κ1) is 24.1. The molecule has 0 N–H and O–H groups in total. The summed E-state index contributed by atoms with van der Waals surface area (Å²) >= 11 is 9.71. The molecule has 5 rings (SSSR count). The van der Waals surface area contributed by atoms with Crippen molar-refractivity contribution in [2.75, 3.05) is 13.2 Å². The van der Waals surface area contributed by atoms with Crippen LogP contribution in [-0.4, -0.2) is 29.1 Å².